The van der Waals surface area contributed by atoms with Gasteiger partial charge in [-0.15, -0.1) is 0 Å². The number of hydrogen-bond donors (Lipinski definition) is 4. The highest BCUT2D eigenvalue weighted by molar-refractivity contribution is 5.77. The van der Waals surface area contributed by atoms with Crippen LogP contribution in [-0.4, -0.2) is 49.7 Å². The monoisotopic (exact) mass is 357 g/mol. The summed E-state index contributed by atoms with van der Waals surface area (Å²) in [5.74, 6) is 1.10. The van der Waals surface area contributed by atoms with E-state index in [2.05, 4.69) is 29.8 Å². The van der Waals surface area contributed by atoms with E-state index in [1.54, 1.807) is 7.05 Å². The highest BCUT2D eigenvalue weighted by Crippen LogP contribution is 2.20. The Labute approximate surface area is 153 Å². The molecule has 25 heavy (non-hydrogen) atoms. The minimum Gasteiger partial charge on any atom is -0.393 e. The zero-order valence-electron chi connectivity index (χ0n) is 16.7. The van der Waals surface area contributed by atoms with Crippen molar-refractivity contribution in [2.24, 2.45) is 17.8 Å². The van der Waals surface area contributed by atoms with Crippen LogP contribution in [0.2, 0.25) is 0 Å². The number of rotatable bonds is 14. The summed E-state index contributed by atoms with van der Waals surface area (Å²) in [6, 6.07) is 0. The standard InChI is InChI=1S/C19H39N3O3/c1-14(2)16(8-6-10-22-19(25)13-20-5)12-18(24)21-11-7-9-17(23)15(3)4/h14-17,20,23H,6-13H2,1-5H3,(H,21,24)(H,22,25). The Bertz CT molecular complexity index is 373. The van der Waals surface area contributed by atoms with Gasteiger partial charge in [-0.2, -0.15) is 0 Å². The van der Waals surface area contributed by atoms with Gasteiger partial charge in [0.25, 0.3) is 0 Å². The molecule has 6 nitrogen and oxygen atoms in total. The first-order chi connectivity index (χ1) is 11.8. The number of aliphatic hydroxyl groups is 1. The SMILES string of the molecule is CNCC(=O)NCCCC(CC(=O)NCCCC(O)C(C)C)C(C)C. The smallest absolute Gasteiger partial charge is 0.233 e. The Morgan fingerprint density at radius 2 is 1.44 bits per heavy atom. The molecule has 0 aromatic carbocycles. The maximum Gasteiger partial charge on any atom is 0.233 e. The molecule has 2 atom stereocenters. The Kier molecular flexibility index (Phi) is 13.4. The third-order valence-electron chi connectivity index (χ3n) is 4.57. The molecule has 0 rings (SSSR count). The summed E-state index contributed by atoms with van der Waals surface area (Å²) in [5, 5.41) is 18.4. The number of carbonyl (C=O) groups excluding carboxylic acids is 2. The Morgan fingerprint density at radius 3 is 1.96 bits per heavy atom. The van der Waals surface area contributed by atoms with E-state index in [-0.39, 0.29) is 23.8 Å². The van der Waals surface area contributed by atoms with Gasteiger partial charge < -0.3 is 21.1 Å². The minimum absolute atomic E-state index is 0.00456. The van der Waals surface area contributed by atoms with Gasteiger partial charge in [0.15, 0.2) is 0 Å². The average Bonchev–Trinajstić information content (AvgIpc) is 2.54. The van der Waals surface area contributed by atoms with Gasteiger partial charge in [0.05, 0.1) is 12.6 Å². The molecule has 0 aliphatic rings. The molecular formula is C19H39N3O3. The van der Waals surface area contributed by atoms with Crippen LogP contribution in [0.1, 0.15) is 59.8 Å². The molecule has 2 amide bonds. The van der Waals surface area contributed by atoms with Crippen LogP contribution in [0.3, 0.4) is 0 Å². The normalized spacial score (nSPS) is 13.8. The Balaban J connectivity index is 3.97. The zero-order chi connectivity index (χ0) is 19.2. The molecule has 148 valence electrons. The average molecular weight is 358 g/mol. The summed E-state index contributed by atoms with van der Waals surface area (Å²) in [6.45, 7) is 9.87. The van der Waals surface area contributed by atoms with Gasteiger partial charge >= 0.3 is 0 Å². The Hall–Kier alpha value is -1.14. The number of hydrogen-bond acceptors (Lipinski definition) is 4. The van der Waals surface area contributed by atoms with Gasteiger partial charge in [-0.25, -0.2) is 0 Å². The molecule has 0 aromatic rings. The second-order valence-electron chi connectivity index (χ2n) is 7.53. The molecule has 2 unspecified atom stereocenters. The molecule has 4 N–H and O–H groups in total. The number of nitrogens with one attached hydrogen (secondary N) is 3. The minimum atomic E-state index is -0.293. The van der Waals surface area contributed by atoms with E-state index in [9.17, 15) is 14.7 Å². The van der Waals surface area contributed by atoms with Crippen LogP contribution in [-0.2, 0) is 9.59 Å². The van der Waals surface area contributed by atoms with E-state index in [1.165, 1.54) is 0 Å². The van der Waals surface area contributed by atoms with E-state index in [0.29, 0.717) is 37.9 Å². The van der Waals surface area contributed by atoms with Crippen LogP contribution >= 0.6 is 0 Å². The van der Waals surface area contributed by atoms with Crippen molar-refractivity contribution < 1.29 is 14.7 Å². The molecule has 0 heterocycles. The number of likely N-dealkylation sites (N-methyl/N-ethyl adjacent to an activating group) is 1. The quantitative estimate of drug-likeness (QED) is 0.356. The number of aliphatic hydroxyl groups excluding tert-OH is 1. The van der Waals surface area contributed by atoms with Gasteiger partial charge in [0.1, 0.15) is 0 Å². The summed E-state index contributed by atoms with van der Waals surface area (Å²) < 4.78 is 0. The van der Waals surface area contributed by atoms with E-state index < -0.39 is 0 Å². The molecule has 0 bridgehead atoms. The first-order valence-corrected chi connectivity index (χ1v) is 9.64. The fourth-order valence-corrected chi connectivity index (χ4v) is 2.67. The summed E-state index contributed by atoms with van der Waals surface area (Å²) in [6.07, 6.45) is 3.56. The molecular weight excluding hydrogens is 318 g/mol. The van der Waals surface area contributed by atoms with Crippen molar-refractivity contribution in [2.75, 3.05) is 26.7 Å². The first-order valence-electron chi connectivity index (χ1n) is 9.64. The molecule has 0 aromatic heterocycles. The van der Waals surface area contributed by atoms with E-state index in [0.717, 1.165) is 25.7 Å². The van der Waals surface area contributed by atoms with Crippen LogP contribution in [0.5, 0.6) is 0 Å². The molecule has 0 saturated heterocycles. The predicted octanol–water partition coefficient (Wildman–Crippen LogP) is 1.68. The van der Waals surface area contributed by atoms with Crippen LogP contribution in [0.4, 0.5) is 0 Å². The van der Waals surface area contributed by atoms with Crippen molar-refractivity contribution in [3.8, 4) is 0 Å². The number of amides is 2. The van der Waals surface area contributed by atoms with Crippen LogP contribution < -0.4 is 16.0 Å². The first kappa shape index (κ1) is 23.9. The molecule has 0 radical (unpaired) electrons. The highest BCUT2D eigenvalue weighted by Gasteiger charge is 2.17. The van der Waals surface area contributed by atoms with Crippen LogP contribution in [0.25, 0.3) is 0 Å². The van der Waals surface area contributed by atoms with Crippen LogP contribution in [0, 0.1) is 17.8 Å². The lowest BCUT2D eigenvalue weighted by molar-refractivity contribution is -0.122. The van der Waals surface area contributed by atoms with E-state index >= 15 is 0 Å². The second kappa shape index (κ2) is 14.1. The summed E-state index contributed by atoms with van der Waals surface area (Å²) in [7, 11) is 1.75. The molecule has 0 aliphatic carbocycles. The van der Waals surface area contributed by atoms with Crippen LogP contribution in [0.15, 0.2) is 0 Å². The third kappa shape index (κ3) is 12.8. The lowest BCUT2D eigenvalue weighted by Gasteiger charge is -2.21. The van der Waals surface area contributed by atoms with Crippen molar-refractivity contribution in [3.63, 3.8) is 0 Å². The van der Waals surface area contributed by atoms with Crippen molar-refractivity contribution in [1.29, 1.82) is 0 Å². The maximum absolute atomic E-state index is 12.1. The summed E-state index contributed by atoms with van der Waals surface area (Å²) in [5.41, 5.74) is 0. The third-order valence-corrected chi connectivity index (χ3v) is 4.57. The van der Waals surface area contributed by atoms with Crippen molar-refractivity contribution >= 4 is 11.8 Å². The number of carbonyl (C=O) groups is 2. The molecule has 0 fully saturated rings. The zero-order valence-corrected chi connectivity index (χ0v) is 16.7. The molecule has 0 aliphatic heterocycles. The topological polar surface area (TPSA) is 90.5 Å². The molecule has 6 heteroatoms. The van der Waals surface area contributed by atoms with Gasteiger partial charge in [-0.3, -0.25) is 9.59 Å². The van der Waals surface area contributed by atoms with Gasteiger partial charge in [0.2, 0.25) is 11.8 Å². The Morgan fingerprint density at radius 1 is 0.880 bits per heavy atom. The van der Waals surface area contributed by atoms with Gasteiger partial charge in [-0.05, 0) is 50.5 Å². The molecule has 0 saturated carbocycles. The van der Waals surface area contributed by atoms with Gasteiger partial charge in [0, 0.05) is 19.5 Å². The molecule has 0 spiro atoms. The van der Waals surface area contributed by atoms with E-state index in [1.807, 2.05) is 13.8 Å². The highest BCUT2D eigenvalue weighted by atomic mass is 16.3. The largest absolute Gasteiger partial charge is 0.393 e. The fourth-order valence-electron chi connectivity index (χ4n) is 2.67. The fraction of sp³-hybridized carbons (Fsp3) is 0.895. The summed E-state index contributed by atoms with van der Waals surface area (Å²) in [4.78, 5) is 23.5. The van der Waals surface area contributed by atoms with E-state index in [4.69, 9.17) is 0 Å². The van der Waals surface area contributed by atoms with Crippen molar-refractivity contribution in [2.45, 2.75) is 65.9 Å². The maximum atomic E-state index is 12.1. The van der Waals surface area contributed by atoms with Crippen molar-refractivity contribution in [3.05, 3.63) is 0 Å². The second-order valence-corrected chi connectivity index (χ2v) is 7.53. The lowest BCUT2D eigenvalue weighted by Crippen LogP contribution is -2.33. The van der Waals surface area contributed by atoms with Crippen molar-refractivity contribution in [1.82, 2.24) is 16.0 Å². The predicted molar refractivity (Wildman–Crippen MR) is 102 cm³/mol. The lowest BCUT2D eigenvalue weighted by atomic mass is 9.88. The van der Waals surface area contributed by atoms with Gasteiger partial charge in [-0.1, -0.05) is 27.7 Å². The summed E-state index contributed by atoms with van der Waals surface area (Å²) >= 11 is 0.